The largest absolute Gasteiger partial charge is 0.469 e. The molecule has 1 aromatic rings. The van der Waals surface area contributed by atoms with Crippen molar-refractivity contribution in [2.45, 2.75) is 51.0 Å². The van der Waals surface area contributed by atoms with Crippen molar-refractivity contribution in [3.8, 4) is 0 Å². The zero-order valence-corrected chi connectivity index (χ0v) is 13.8. The Balaban J connectivity index is 1.47. The standard InChI is InChI=1S/C20H27NO2/c22-19(9-8-17-5-4-12-23-17)20(21-10-2-1-3-11-21)18-14-15-6-7-16(18)13-15/h4-7,12,15-16,18,20H,1-3,8-11,13-14H2. The minimum absolute atomic E-state index is 0.144. The summed E-state index contributed by atoms with van der Waals surface area (Å²) < 4.78 is 5.41. The highest BCUT2D eigenvalue weighted by molar-refractivity contribution is 5.84. The highest BCUT2D eigenvalue weighted by Crippen LogP contribution is 2.46. The Bertz CT molecular complexity index is 556. The Morgan fingerprint density at radius 3 is 2.74 bits per heavy atom. The third-order valence-corrected chi connectivity index (χ3v) is 6.05. The summed E-state index contributed by atoms with van der Waals surface area (Å²) in [6.45, 7) is 2.21. The van der Waals surface area contributed by atoms with Crippen molar-refractivity contribution in [2.75, 3.05) is 13.1 Å². The summed E-state index contributed by atoms with van der Waals surface area (Å²) in [5.74, 6) is 3.29. The molecule has 1 saturated heterocycles. The first-order valence-electron chi connectivity index (χ1n) is 9.29. The number of Topliss-reactive ketones (excluding diaryl/α,β-unsaturated/α-hetero) is 1. The van der Waals surface area contributed by atoms with Gasteiger partial charge in [-0.25, -0.2) is 0 Å². The molecule has 0 spiro atoms. The molecule has 23 heavy (non-hydrogen) atoms. The minimum atomic E-state index is 0.144. The molecular formula is C20H27NO2. The number of furan rings is 1. The fourth-order valence-electron chi connectivity index (χ4n) is 4.95. The van der Waals surface area contributed by atoms with E-state index >= 15 is 0 Å². The average molecular weight is 313 g/mol. The summed E-state index contributed by atoms with van der Waals surface area (Å²) in [5.41, 5.74) is 0. The van der Waals surface area contributed by atoms with Crippen LogP contribution in [0.4, 0.5) is 0 Å². The lowest BCUT2D eigenvalue weighted by molar-refractivity contribution is -0.127. The fourth-order valence-corrected chi connectivity index (χ4v) is 4.95. The Hall–Kier alpha value is -1.35. The van der Waals surface area contributed by atoms with Crippen molar-refractivity contribution in [1.29, 1.82) is 0 Å². The predicted molar refractivity (Wildman–Crippen MR) is 90.1 cm³/mol. The summed E-state index contributed by atoms with van der Waals surface area (Å²) >= 11 is 0. The van der Waals surface area contributed by atoms with E-state index < -0.39 is 0 Å². The van der Waals surface area contributed by atoms with Gasteiger partial charge >= 0.3 is 0 Å². The summed E-state index contributed by atoms with van der Waals surface area (Å²) in [5, 5.41) is 0. The first-order chi connectivity index (χ1) is 11.3. The number of aryl methyl sites for hydroxylation is 1. The van der Waals surface area contributed by atoms with Crippen LogP contribution in [0.25, 0.3) is 0 Å². The van der Waals surface area contributed by atoms with Crippen LogP contribution in [-0.4, -0.2) is 29.8 Å². The molecular weight excluding hydrogens is 286 g/mol. The molecule has 2 fully saturated rings. The van der Waals surface area contributed by atoms with E-state index in [0.29, 0.717) is 24.0 Å². The van der Waals surface area contributed by atoms with Crippen molar-refractivity contribution < 1.29 is 9.21 Å². The fraction of sp³-hybridized carbons (Fsp3) is 0.650. The Morgan fingerprint density at radius 2 is 2.09 bits per heavy atom. The van der Waals surface area contributed by atoms with Crippen LogP contribution in [0.1, 0.15) is 44.3 Å². The maximum atomic E-state index is 13.1. The van der Waals surface area contributed by atoms with E-state index in [2.05, 4.69) is 17.1 Å². The van der Waals surface area contributed by atoms with Gasteiger partial charge in [0.2, 0.25) is 0 Å². The number of rotatable bonds is 6. The molecule has 0 amide bonds. The van der Waals surface area contributed by atoms with Gasteiger partial charge in [-0.15, -0.1) is 0 Å². The molecule has 2 heterocycles. The van der Waals surface area contributed by atoms with Crippen molar-refractivity contribution in [1.82, 2.24) is 4.90 Å². The maximum absolute atomic E-state index is 13.1. The van der Waals surface area contributed by atoms with E-state index in [0.717, 1.165) is 31.2 Å². The van der Waals surface area contributed by atoms with Gasteiger partial charge in [0, 0.05) is 12.8 Å². The molecule has 4 rings (SSSR count). The number of piperidine rings is 1. The number of fused-ring (bicyclic) bond motifs is 2. The zero-order valence-electron chi connectivity index (χ0n) is 13.8. The summed E-state index contributed by atoms with van der Waals surface area (Å²) in [6.07, 6.45) is 14.1. The molecule has 124 valence electrons. The number of allylic oxidation sites excluding steroid dienone is 2. The lowest BCUT2D eigenvalue weighted by Crippen LogP contribution is -2.49. The number of likely N-dealkylation sites (tertiary alicyclic amines) is 1. The lowest BCUT2D eigenvalue weighted by atomic mass is 9.82. The van der Waals surface area contributed by atoms with Crippen LogP contribution in [0, 0.1) is 17.8 Å². The molecule has 4 atom stereocenters. The molecule has 2 aliphatic carbocycles. The Kier molecular flexibility index (Phi) is 4.39. The molecule has 1 aliphatic heterocycles. The van der Waals surface area contributed by atoms with Crippen LogP contribution < -0.4 is 0 Å². The van der Waals surface area contributed by atoms with Gasteiger partial charge in [-0.1, -0.05) is 18.6 Å². The second kappa shape index (κ2) is 6.64. The van der Waals surface area contributed by atoms with Crippen LogP contribution in [0.2, 0.25) is 0 Å². The Labute approximate surface area is 138 Å². The van der Waals surface area contributed by atoms with Gasteiger partial charge in [0.25, 0.3) is 0 Å². The number of hydrogen-bond acceptors (Lipinski definition) is 3. The minimum Gasteiger partial charge on any atom is -0.469 e. The van der Waals surface area contributed by atoms with Crippen LogP contribution in [0.15, 0.2) is 35.0 Å². The van der Waals surface area contributed by atoms with E-state index in [4.69, 9.17) is 4.42 Å². The quantitative estimate of drug-likeness (QED) is 0.748. The van der Waals surface area contributed by atoms with Crippen molar-refractivity contribution >= 4 is 5.78 Å². The second-order valence-corrected chi connectivity index (χ2v) is 7.53. The zero-order chi connectivity index (χ0) is 15.6. The van der Waals surface area contributed by atoms with E-state index in [1.165, 1.54) is 32.1 Å². The molecule has 0 radical (unpaired) electrons. The van der Waals surface area contributed by atoms with Gasteiger partial charge in [-0.2, -0.15) is 0 Å². The van der Waals surface area contributed by atoms with Crippen LogP contribution in [0.5, 0.6) is 0 Å². The van der Waals surface area contributed by atoms with Crippen molar-refractivity contribution in [3.05, 3.63) is 36.3 Å². The van der Waals surface area contributed by atoms with Gasteiger partial charge in [-0.05, 0) is 68.7 Å². The molecule has 0 N–H and O–H groups in total. The number of nitrogens with zero attached hydrogens (tertiary/aromatic N) is 1. The first-order valence-corrected chi connectivity index (χ1v) is 9.29. The molecule has 3 aliphatic rings. The van der Waals surface area contributed by atoms with Gasteiger partial charge in [-0.3, -0.25) is 9.69 Å². The molecule has 1 aromatic heterocycles. The number of carbonyl (C=O) groups is 1. The second-order valence-electron chi connectivity index (χ2n) is 7.53. The SMILES string of the molecule is O=C(CCc1ccco1)C(C1CC2C=CC1C2)N1CCCCC1. The number of carbonyl (C=O) groups excluding carboxylic acids is 1. The predicted octanol–water partition coefficient (Wildman–Crippen LogP) is 3.85. The summed E-state index contributed by atoms with van der Waals surface area (Å²) in [7, 11) is 0. The van der Waals surface area contributed by atoms with Crippen LogP contribution in [-0.2, 0) is 11.2 Å². The summed E-state index contributed by atoms with van der Waals surface area (Å²) in [6, 6.07) is 4.02. The van der Waals surface area contributed by atoms with Crippen molar-refractivity contribution in [3.63, 3.8) is 0 Å². The summed E-state index contributed by atoms with van der Waals surface area (Å²) in [4.78, 5) is 15.6. The van der Waals surface area contributed by atoms with Gasteiger partial charge < -0.3 is 4.42 Å². The maximum Gasteiger partial charge on any atom is 0.150 e. The normalized spacial score (nSPS) is 31.6. The molecule has 0 aromatic carbocycles. The molecule has 3 heteroatoms. The number of hydrogen-bond donors (Lipinski definition) is 0. The highest BCUT2D eigenvalue weighted by Gasteiger charge is 2.44. The monoisotopic (exact) mass is 313 g/mol. The first kappa shape index (κ1) is 15.2. The van der Waals surface area contributed by atoms with E-state index in [9.17, 15) is 4.79 Å². The van der Waals surface area contributed by atoms with Crippen LogP contribution in [0.3, 0.4) is 0 Å². The average Bonchev–Trinajstić information content (AvgIpc) is 3.32. The van der Waals surface area contributed by atoms with Crippen LogP contribution >= 0.6 is 0 Å². The Morgan fingerprint density at radius 1 is 1.22 bits per heavy atom. The highest BCUT2D eigenvalue weighted by atomic mass is 16.3. The number of ketones is 1. The van der Waals surface area contributed by atoms with Gasteiger partial charge in [0.1, 0.15) is 5.76 Å². The van der Waals surface area contributed by atoms with E-state index in [1.807, 2.05) is 12.1 Å². The third-order valence-electron chi connectivity index (χ3n) is 6.05. The van der Waals surface area contributed by atoms with E-state index in [1.54, 1.807) is 6.26 Å². The van der Waals surface area contributed by atoms with Gasteiger partial charge in [0.05, 0.1) is 12.3 Å². The van der Waals surface area contributed by atoms with Gasteiger partial charge in [0.15, 0.2) is 5.78 Å². The smallest absolute Gasteiger partial charge is 0.150 e. The molecule has 2 bridgehead atoms. The molecule has 3 nitrogen and oxygen atoms in total. The van der Waals surface area contributed by atoms with E-state index in [-0.39, 0.29) is 6.04 Å². The van der Waals surface area contributed by atoms with Crippen molar-refractivity contribution in [2.24, 2.45) is 17.8 Å². The molecule has 4 unspecified atom stereocenters. The topological polar surface area (TPSA) is 33.5 Å². The molecule has 1 saturated carbocycles. The lowest BCUT2D eigenvalue weighted by Gasteiger charge is -2.39. The third kappa shape index (κ3) is 3.16.